The van der Waals surface area contributed by atoms with E-state index in [-0.39, 0.29) is 5.91 Å². The van der Waals surface area contributed by atoms with Gasteiger partial charge in [0.1, 0.15) is 16.7 Å². The number of amides is 1. The maximum atomic E-state index is 13.0. The molecular formula is C30H27N3O2S2. The second kappa shape index (κ2) is 11.2. The van der Waals surface area contributed by atoms with Crippen molar-refractivity contribution in [1.29, 1.82) is 0 Å². The minimum absolute atomic E-state index is 0.0462. The van der Waals surface area contributed by atoms with Gasteiger partial charge in [-0.25, -0.2) is 4.68 Å². The summed E-state index contributed by atoms with van der Waals surface area (Å²) in [6.07, 6.45) is 4.71. The van der Waals surface area contributed by atoms with Crippen LogP contribution in [0.2, 0.25) is 0 Å². The van der Waals surface area contributed by atoms with Gasteiger partial charge in [0, 0.05) is 23.9 Å². The van der Waals surface area contributed by atoms with Gasteiger partial charge in [-0.15, -0.1) is 0 Å². The highest BCUT2D eigenvalue weighted by atomic mass is 32.2. The predicted molar refractivity (Wildman–Crippen MR) is 155 cm³/mol. The molecule has 0 unspecified atom stereocenters. The van der Waals surface area contributed by atoms with Gasteiger partial charge in [-0.1, -0.05) is 78.9 Å². The van der Waals surface area contributed by atoms with Crippen LogP contribution in [0.1, 0.15) is 30.0 Å². The van der Waals surface area contributed by atoms with Crippen molar-refractivity contribution in [2.24, 2.45) is 0 Å². The molecule has 0 spiro atoms. The molecule has 1 aliphatic rings. The lowest BCUT2D eigenvalue weighted by atomic mass is 10.1. The Kier molecular flexibility index (Phi) is 7.53. The van der Waals surface area contributed by atoms with Crippen molar-refractivity contribution in [2.75, 3.05) is 6.54 Å². The Labute approximate surface area is 226 Å². The summed E-state index contributed by atoms with van der Waals surface area (Å²) < 4.78 is 8.44. The monoisotopic (exact) mass is 525 g/mol. The number of hydrogen-bond acceptors (Lipinski definition) is 5. The first-order valence-electron chi connectivity index (χ1n) is 12.2. The van der Waals surface area contributed by atoms with Crippen molar-refractivity contribution in [3.63, 3.8) is 0 Å². The average Bonchev–Trinajstić information content (AvgIpc) is 3.46. The van der Waals surface area contributed by atoms with Gasteiger partial charge in [0.2, 0.25) is 0 Å². The van der Waals surface area contributed by atoms with Crippen molar-refractivity contribution in [1.82, 2.24) is 14.7 Å². The van der Waals surface area contributed by atoms with Crippen LogP contribution in [-0.4, -0.2) is 31.5 Å². The molecule has 186 valence electrons. The predicted octanol–water partition coefficient (Wildman–Crippen LogP) is 7.04. The largest absolute Gasteiger partial charge is 0.489 e. The zero-order chi connectivity index (χ0) is 25.8. The molecular weight excluding hydrogens is 498 g/mol. The molecule has 1 aromatic heterocycles. The maximum Gasteiger partial charge on any atom is 0.266 e. The van der Waals surface area contributed by atoms with Crippen LogP contribution in [0.15, 0.2) is 90.0 Å². The molecule has 2 heterocycles. The van der Waals surface area contributed by atoms with Crippen molar-refractivity contribution in [3.8, 4) is 22.7 Å². The first-order valence-corrected chi connectivity index (χ1v) is 13.4. The summed E-state index contributed by atoms with van der Waals surface area (Å²) in [6.45, 7) is 5.25. The molecule has 0 saturated carbocycles. The Balaban J connectivity index is 1.44. The topological polar surface area (TPSA) is 47.4 Å². The van der Waals surface area contributed by atoms with Crippen LogP contribution in [0.25, 0.3) is 23.0 Å². The molecule has 0 radical (unpaired) electrons. The molecule has 1 saturated heterocycles. The normalized spacial score (nSPS) is 14.5. The molecule has 1 aliphatic heterocycles. The molecule has 1 amide bonds. The van der Waals surface area contributed by atoms with E-state index in [1.54, 1.807) is 4.90 Å². The van der Waals surface area contributed by atoms with Gasteiger partial charge in [-0.3, -0.25) is 9.69 Å². The number of carbonyl (C=O) groups is 1. The molecule has 0 atom stereocenters. The fraction of sp³-hybridized carbons (Fsp3) is 0.167. The Bertz CT molecular complexity index is 1440. The van der Waals surface area contributed by atoms with E-state index in [1.807, 2.05) is 78.5 Å². The fourth-order valence-electron chi connectivity index (χ4n) is 4.05. The van der Waals surface area contributed by atoms with Crippen molar-refractivity contribution in [3.05, 3.63) is 107 Å². The number of hydrogen-bond donors (Lipinski definition) is 0. The van der Waals surface area contributed by atoms with Gasteiger partial charge < -0.3 is 4.74 Å². The van der Waals surface area contributed by atoms with Gasteiger partial charge in [-0.05, 0) is 61.4 Å². The molecule has 5 nitrogen and oxygen atoms in total. The summed E-state index contributed by atoms with van der Waals surface area (Å²) in [6, 6.07) is 26.2. The van der Waals surface area contributed by atoms with E-state index in [0.29, 0.717) is 22.4 Å². The second-order valence-corrected chi connectivity index (χ2v) is 10.5. The number of thioether (sulfide) groups is 1. The molecule has 4 aromatic rings. The van der Waals surface area contributed by atoms with Crippen molar-refractivity contribution in [2.45, 2.75) is 26.9 Å². The standard InChI is InChI=1S/C30H27N3O2S2/c1-3-17-32-29(34)27(37-30(32)36)18-24-19-33(25-7-5-4-6-8-25)31-28(24)23-13-15-26(16-14-23)35-20-22-11-9-21(2)10-12-22/h4-16,18-19H,3,17,20H2,1-2H3/b27-18-. The molecule has 0 N–H and O–H groups in total. The number of rotatable bonds is 8. The van der Waals surface area contributed by atoms with E-state index < -0.39 is 0 Å². The highest BCUT2D eigenvalue weighted by Gasteiger charge is 2.31. The average molecular weight is 526 g/mol. The van der Waals surface area contributed by atoms with Gasteiger partial charge in [0.05, 0.1) is 16.3 Å². The summed E-state index contributed by atoms with van der Waals surface area (Å²) >= 11 is 6.80. The minimum atomic E-state index is -0.0462. The molecule has 3 aromatic carbocycles. The first kappa shape index (κ1) is 25.0. The van der Waals surface area contributed by atoms with Gasteiger partial charge in [0.25, 0.3) is 5.91 Å². The Morgan fingerprint density at radius 1 is 1.00 bits per heavy atom. The van der Waals surface area contributed by atoms with E-state index in [4.69, 9.17) is 22.1 Å². The quantitative estimate of drug-likeness (QED) is 0.182. The second-order valence-electron chi connectivity index (χ2n) is 8.85. The van der Waals surface area contributed by atoms with Crippen molar-refractivity contribution < 1.29 is 9.53 Å². The first-order chi connectivity index (χ1) is 18.0. The third-order valence-corrected chi connectivity index (χ3v) is 7.40. The lowest BCUT2D eigenvalue weighted by molar-refractivity contribution is -0.122. The van der Waals surface area contributed by atoms with Crippen molar-refractivity contribution >= 4 is 40.3 Å². The summed E-state index contributed by atoms with van der Waals surface area (Å²) in [5.74, 6) is 0.740. The highest BCUT2D eigenvalue weighted by Crippen LogP contribution is 2.35. The van der Waals surface area contributed by atoms with Crippen LogP contribution >= 0.6 is 24.0 Å². The van der Waals surface area contributed by atoms with E-state index in [2.05, 4.69) is 31.2 Å². The summed E-state index contributed by atoms with van der Waals surface area (Å²) in [4.78, 5) is 15.3. The Morgan fingerprint density at radius 3 is 2.43 bits per heavy atom. The third kappa shape index (κ3) is 5.68. The lowest BCUT2D eigenvalue weighted by Gasteiger charge is -2.11. The number of aryl methyl sites for hydroxylation is 1. The smallest absolute Gasteiger partial charge is 0.266 e. The highest BCUT2D eigenvalue weighted by molar-refractivity contribution is 8.26. The molecule has 5 rings (SSSR count). The van der Waals surface area contributed by atoms with Crippen LogP contribution in [0.5, 0.6) is 5.75 Å². The van der Waals surface area contributed by atoms with E-state index in [0.717, 1.165) is 40.2 Å². The summed E-state index contributed by atoms with van der Waals surface area (Å²) in [5.41, 5.74) is 5.88. The molecule has 37 heavy (non-hydrogen) atoms. The van der Waals surface area contributed by atoms with E-state index >= 15 is 0 Å². The van der Waals surface area contributed by atoms with Crippen LogP contribution in [0.3, 0.4) is 0 Å². The fourth-order valence-corrected chi connectivity index (χ4v) is 5.35. The Hall–Kier alpha value is -3.68. The summed E-state index contributed by atoms with van der Waals surface area (Å²) in [5, 5.41) is 4.89. The number of benzene rings is 3. The molecule has 7 heteroatoms. The Morgan fingerprint density at radius 2 is 1.73 bits per heavy atom. The molecule has 0 bridgehead atoms. The number of nitrogens with zero attached hydrogens (tertiary/aromatic N) is 3. The zero-order valence-corrected chi connectivity index (χ0v) is 22.4. The van der Waals surface area contributed by atoms with Crippen LogP contribution in [0.4, 0.5) is 0 Å². The lowest BCUT2D eigenvalue weighted by Crippen LogP contribution is -2.28. The maximum absolute atomic E-state index is 13.0. The number of para-hydroxylation sites is 1. The number of aromatic nitrogens is 2. The van der Waals surface area contributed by atoms with Crippen LogP contribution in [0, 0.1) is 6.92 Å². The van der Waals surface area contributed by atoms with Crippen LogP contribution < -0.4 is 4.74 Å². The summed E-state index contributed by atoms with van der Waals surface area (Å²) in [7, 11) is 0. The minimum Gasteiger partial charge on any atom is -0.489 e. The van der Waals surface area contributed by atoms with Crippen LogP contribution in [-0.2, 0) is 11.4 Å². The molecule has 0 aliphatic carbocycles. The molecule has 1 fully saturated rings. The third-order valence-electron chi connectivity index (χ3n) is 6.02. The SMILES string of the molecule is CCCN1C(=O)/C(=C/c2cn(-c3ccccc3)nc2-c2ccc(OCc3ccc(C)cc3)cc2)SC1=S. The van der Waals surface area contributed by atoms with Gasteiger partial charge in [0.15, 0.2) is 0 Å². The number of ether oxygens (including phenoxy) is 1. The van der Waals surface area contributed by atoms with Gasteiger partial charge in [-0.2, -0.15) is 5.10 Å². The zero-order valence-electron chi connectivity index (χ0n) is 20.8. The number of carbonyl (C=O) groups excluding carboxylic acids is 1. The van der Waals surface area contributed by atoms with E-state index in [1.165, 1.54) is 17.3 Å². The van der Waals surface area contributed by atoms with E-state index in [9.17, 15) is 4.79 Å². The van der Waals surface area contributed by atoms with Gasteiger partial charge >= 0.3 is 0 Å². The number of thiocarbonyl (C=S) groups is 1.